The van der Waals surface area contributed by atoms with E-state index in [9.17, 15) is 0 Å². The van der Waals surface area contributed by atoms with Crippen LogP contribution in [0.25, 0.3) is 0 Å². The number of rotatable bonds is 7. The predicted octanol–water partition coefficient (Wildman–Crippen LogP) is 2.66. The van der Waals surface area contributed by atoms with E-state index in [1.165, 1.54) is 51.6 Å². The molecular weight excluding hydrogens is 184 g/mol. The van der Waals surface area contributed by atoms with Crippen LogP contribution < -0.4 is 5.32 Å². The minimum absolute atomic E-state index is 0.761. The van der Waals surface area contributed by atoms with E-state index in [2.05, 4.69) is 24.1 Å². The Balaban J connectivity index is 2.30. The molecule has 0 saturated carbocycles. The predicted molar refractivity (Wildman–Crippen MR) is 66.3 cm³/mol. The van der Waals surface area contributed by atoms with Crippen molar-refractivity contribution >= 4 is 0 Å². The first-order valence-electron chi connectivity index (χ1n) is 6.75. The maximum atomic E-state index is 4.55. The van der Waals surface area contributed by atoms with Gasteiger partial charge in [0.2, 0.25) is 0 Å². The van der Waals surface area contributed by atoms with Crippen molar-refractivity contribution in [3.63, 3.8) is 0 Å². The summed E-state index contributed by atoms with van der Waals surface area (Å²) in [6.07, 6.45) is 8.00. The molecule has 1 unspecified atom stereocenters. The van der Waals surface area contributed by atoms with Gasteiger partial charge in [0, 0.05) is 19.1 Å². The monoisotopic (exact) mass is 211 g/mol. The van der Waals surface area contributed by atoms with Crippen molar-refractivity contribution in [1.82, 2.24) is 10.2 Å². The lowest BCUT2D eigenvalue weighted by Gasteiger charge is -2.34. The van der Waals surface area contributed by atoms with E-state index in [0.717, 1.165) is 19.1 Å². The molecule has 15 heavy (non-hydrogen) atoms. The average molecular weight is 211 g/mol. The van der Waals surface area contributed by atoms with E-state index < -0.39 is 0 Å². The summed E-state index contributed by atoms with van der Waals surface area (Å²) in [5, 5.41) is 4.55. The second-order valence-electron chi connectivity index (χ2n) is 4.67. The average Bonchev–Trinajstić information content (AvgIpc) is 2.30. The Labute approximate surface area is 95.4 Å². The van der Waals surface area contributed by atoms with Gasteiger partial charge in [0.1, 0.15) is 0 Å². The summed E-state index contributed by atoms with van der Waals surface area (Å²) in [7, 11) is 0. The zero-order valence-electron chi connectivity index (χ0n) is 10.5. The van der Waals surface area contributed by atoms with E-state index in [1.807, 2.05) is 0 Å². The van der Waals surface area contributed by atoms with Gasteiger partial charge in [0.05, 0.1) is 0 Å². The molecule has 0 aromatic carbocycles. The largest absolute Gasteiger partial charge is 0.299 e. The van der Waals surface area contributed by atoms with Crippen LogP contribution in [0, 0.1) is 0 Å². The van der Waals surface area contributed by atoms with Crippen molar-refractivity contribution < 1.29 is 0 Å². The van der Waals surface area contributed by atoms with E-state index in [4.69, 9.17) is 0 Å². The highest BCUT2D eigenvalue weighted by atomic mass is 15.2. The molecule has 1 aliphatic heterocycles. The van der Waals surface area contributed by atoms with Crippen LogP contribution in [0.2, 0.25) is 0 Å². The van der Waals surface area contributed by atoms with Crippen molar-refractivity contribution in [3.05, 3.63) is 0 Å². The SMILES string of the molecule is CCCCN(CCCC)C1CCC[N]C1. The number of piperidine rings is 1. The van der Waals surface area contributed by atoms with Gasteiger partial charge < -0.3 is 0 Å². The molecule has 0 aromatic heterocycles. The molecule has 2 heteroatoms. The van der Waals surface area contributed by atoms with Gasteiger partial charge in [0.25, 0.3) is 0 Å². The van der Waals surface area contributed by atoms with E-state index in [-0.39, 0.29) is 0 Å². The molecule has 1 saturated heterocycles. The highest BCUT2D eigenvalue weighted by Gasteiger charge is 2.20. The molecule has 1 atom stereocenters. The molecular formula is C13H27N2. The molecule has 2 nitrogen and oxygen atoms in total. The lowest BCUT2D eigenvalue weighted by Crippen LogP contribution is -2.44. The third kappa shape index (κ3) is 4.98. The van der Waals surface area contributed by atoms with E-state index >= 15 is 0 Å². The molecule has 0 spiro atoms. The van der Waals surface area contributed by atoms with Crippen LogP contribution in [0.15, 0.2) is 0 Å². The van der Waals surface area contributed by atoms with Crippen molar-refractivity contribution in [2.45, 2.75) is 58.4 Å². The van der Waals surface area contributed by atoms with E-state index in [0.29, 0.717) is 0 Å². The molecule has 0 aliphatic carbocycles. The first-order valence-corrected chi connectivity index (χ1v) is 6.75. The summed E-state index contributed by atoms with van der Waals surface area (Å²) in [6.45, 7) is 9.33. The van der Waals surface area contributed by atoms with Crippen molar-refractivity contribution in [1.29, 1.82) is 0 Å². The highest BCUT2D eigenvalue weighted by Crippen LogP contribution is 2.13. The third-order valence-electron chi connectivity index (χ3n) is 3.31. The van der Waals surface area contributed by atoms with Crippen LogP contribution in [0.1, 0.15) is 52.4 Å². The summed E-state index contributed by atoms with van der Waals surface area (Å²) in [5.41, 5.74) is 0. The summed E-state index contributed by atoms with van der Waals surface area (Å²) in [5.74, 6) is 0. The Bertz CT molecular complexity index is 133. The number of nitrogens with zero attached hydrogens (tertiary/aromatic N) is 2. The summed E-state index contributed by atoms with van der Waals surface area (Å²) < 4.78 is 0. The fraction of sp³-hybridized carbons (Fsp3) is 1.00. The summed E-state index contributed by atoms with van der Waals surface area (Å²) in [6, 6.07) is 0.761. The van der Waals surface area contributed by atoms with Gasteiger partial charge in [-0.1, -0.05) is 26.7 Å². The van der Waals surface area contributed by atoms with Crippen LogP contribution in [-0.2, 0) is 0 Å². The van der Waals surface area contributed by atoms with Crippen LogP contribution in [0.3, 0.4) is 0 Å². The normalized spacial score (nSPS) is 22.2. The Kier molecular flexibility index (Phi) is 7.03. The molecule has 0 bridgehead atoms. The first-order chi connectivity index (χ1) is 7.38. The van der Waals surface area contributed by atoms with Gasteiger partial charge in [0.15, 0.2) is 0 Å². The molecule has 1 heterocycles. The summed E-state index contributed by atoms with van der Waals surface area (Å²) >= 11 is 0. The molecule has 1 aliphatic rings. The Hall–Kier alpha value is -0.0800. The highest BCUT2D eigenvalue weighted by molar-refractivity contribution is 4.78. The van der Waals surface area contributed by atoms with Crippen LogP contribution in [-0.4, -0.2) is 37.1 Å². The van der Waals surface area contributed by atoms with Crippen LogP contribution >= 0.6 is 0 Å². The number of hydrogen-bond acceptors (Lipinski definition) is 1. The molecule has 1 rings (SSSR count). The third-order valence-corrected chi connectivity index (χ3v) is 3.31. The second-order valence-corrected chi connectivity index (χ2v) is 4.67. The Morgan fingerprint density at radius 3 is 2.27 bits per heavy atom. The second kappa shape index (κ2) is 8.12. The van der Waals surface area contributed by atoms with Crippen molar-refractivity contribution in [2.24, 2.45) is 0 Å². The molecule has 1 radical (unpaired) electrons. The Morgan fingerprint density at radius 2 is 1.80 bits per heavy atom. The minimum Gasteiger partial charge on any atom is -0.299 e. The van der Waals surface area contributed by atoms with Crippen molar-refractivity contribution in [3.8, 4) is 0 Å². The molecule has 0 aromatic rings. The molecule has 89 valence electrons. The molecule has 0 N–H and O–H groups in total. The van der Waals surface area contributed by atoms with Crippen LogP contribution in [0.4, 0.5) is 0 Å². The van der Waals surface area contributed by atoms with Crippen molar-refractivity contribution in [2.75, 3.05) is 26.2 Å². The van der Waals surface area contributed by atoms with Crippen LogP contribution in [0.5, 0.6) is 0 Å². The van der Waals surface area contributed by atoms with Gasteiger partial charge in [-0.05, 0) is 38.8 Å². The zero-order chi connectivity index (χ0) is 10.9. The molecule has 0 amide bonds. The lowest BCUT2D eigenvalue weighted by atomic mass is 10.0. The van der Waals surface area contributed by atoms with E-state index in [1.54, 1.807) is 0 Å². The fourth-order valence-corrected chi connectivity index (χ4v) is 2.27. The molecule has 1 fully saturated rings. The lowest BCUT2D eigenvalue weighted by molar-refractivity contribution is 0.160. The smallest absolute Gasteiger partial charge is 0.0289 e. The number of unbranched alkanes of at least 4 members (excludes halogenated alkanes) is 2. The van der Waals surface area contributed by atoms with Gasteiger partial charge in [-0.3, -0.25) is 4.90 Å². The van der Waals surface area contributed by atoms with Gasteiger partial charge in [-0.2, -0.15) is 0 Å². The minimum atomic E-state index is 0.761. The fourth-order valence-electron chi connectivity index (χ4n) is 2.27. The summed E-state index contributed by atoms with van der Waals surface area (Å²) in [4.78, 5) is 2.69. The zero-order valence-corrected chi connectivity index (χ0v) is 10.5. The van der Waals surface area contributed by atoms with Gasteiger partial charge in [-0.25, -0.2) is 5.32 Å². The van der Waals surface area contributed by atoms with Gasteiger partial charge >= 0.3 is 0 Å². The number of hydrogen-bond donors (Lipinski definition) is 0. The first kappa shape index (κ1) is 13.0. The quantitative estimate of drug-likeness (QED) is 0.633. The topological polar surface area (TPSA) is 17.3 Å². The Morgan fingerprint density at radius 1 is 1.13 bits per heavy atom. The maximum Gasteiger partial charge on any atom is 0.0289 e. The standard InChI is InChI=1S/C13H27N2/c1-3-5-10-15(11-6-4-2)13-8-7-9-14-12-13/h13H,3-12H2,1-2H3. The van der Waals surface area contributed by atoms with Gasteiger partial charge in [-0.15, -0.1) is 0 Å². The maximum absolute atomic E-state index is 4.55.